The van der Waals surface area contributed by atoms with Crippen molar-refractivity contribution in [3.05, 3.63) is 107 Å². The van der Waals surface area contributed by atoms with E-state index >= 15 is 0 Å². The summed E-state index contributed by atoms with van der Waals surface area (Å²) in [5.74, 6) is -0.329. The van der Waals surface area contributed by atoms with Gasteiger partial charge in [-0.05, 0) is 66.2 Å². The van der Waals surface area contributed by atoms with Crippen LogP contribution in [0.2, 0.25) is 5.02 Å². The van der Waals surface area contributed by atoms with E-state index in [0.717, 1.165) is 22.2 Å². The second-order valence-corrected chi connectivity index (χ2v) is 9.46. The van der Waals surface area contributed by atoms with Gasteiger partial charge in [0.05, 0.1) is 41.4 Å². The summed E-state index contributed by atoms with van der Waals surface area (Å²) in [6.45, 7) is 0.943. The van der Waals surface area contributed by atoms with Gasteiger partial charge in [0.15, 0.2) is 0 Å². The lowest BCUT2D eigenvalue weighted by atomic mass is 10.1. The Bertz CT molecular complexity index is 1750. The van der Waals surface area contributed by atoms with Crippen LogP contribution in [0.25, 0.3) is 10.9 Å². The first-order valence-corrected chi connectivity index (χ1v) is 12.8. The molecule has 3 aromatic carbocycles. The van der Waals surface area contributed by atoms with Crippen LogP contribution in [0.5, 0.6) is 5.75 Å². The quantitative estimate of drug-likeness (QED) is 0.160. The number of hydrazone groups is 1. The number of ether oxygens (including phenoxy) is 1. The van der Waals surface area contributed by atoms with Crippen molar-refractivity contribution in [3.63, 3.8) is 0 Å². The Morgan fingerprint density at radius 1 is 1.00 bits per heavy atom. The van der Waals surface area contributed by atoms with E-state index in [1.165, 1.54) is 4.90 Å². The summed E-state index contributed by atoms with van der Waals surface area (Å²) in [6.07, 6.45) is 5.18. The number of nitrogens with one attached hydrogen (secondary N) is 1. The van der Waals surface area contributed by atoms with Crippen LogP contribution < -0.4 is 15.1 Å². The minimum atomic E-state index is -0.523. The Morgan fingerprint density at radius 2 is 1.85 bits per heavy atom. The molecule has 0 unspecified atom stereocenters. The molecule has 0 radical (unpaired) electrons. The normalized spacial score (nSPS) is 12.9. The zero-order valence-corrected chi connectivity index (χ0v) is 21.8. The van der Waals surface area contributed by atoms with E-state index in [1.54, 1.807) is 47.6 Å². The van der Waals surface area contributed by atoms with Crippen LogP contribution in [0.15, 0.2) is 90.3 Å². The fraction of sp³-hybridized carbons (Fsp3) is 0.103. The summed E-state index contributed by atoms with van der Waals surface area (Å²) >= 11 is 6.05. The molecular weight excluding hydrogens is 530 g/mol. The van der Waals surface area contributed by atoms with E-state index in [1.807, 2.05) is 48.5 Å². The molecule has 3 heterocycles. The monoisotopic (exact) mass is 551 g/mol. The van der Waals surface area contributed by atoms with Crippen molar-refractivity contribution >= 4 is 51.8 Å². The van der Waals surface area contributed by atoms with Gasteiger partial charge in [0.1, 0.15) is 18.1 Å². The molecule has 0 saturated carbocycles. The molecule has 5 aromatic rings. The number of rotatable bonds is 9. The Morgan fingerprint density at radius 3 is 2.73 bits per heavy atom. The first-order valence-electron chi connectivity index (χ1n) is 12.5. The second kappa shape index (κ2) is 11.0. The fourth-order valence-electron chi connectivity index (χ4n) is 4.39. The van der Waals surface area contributed by atoms with Crippen molar-refractivity contribution in [3.8, 4) is 5.75 Å². The molecule has 0 atom stereocenters. The van der Waals surface area contributed by atoms with Gasteiger partial charge in [0.25, 0.3) is 11.7 Å². The minimum Gasteiger partial charge on any atom is -0.487 e. The molecule has 198 valence electrons. The molecule has 1 aliphatic rings. The summed E-state index contributed by atoms with van der Waals surface area (Å²) in [7, 11) is 0. The summed E-state index contributed by atoms with van der Waals surface area (Å²) < 4.78 is 7.47. The van der Waals surface area contributed by atoms with Gasteiger partial charge in [-0.1, -0.05) is 28.9 Å². The van der Waals surface area contributed by atoms with E-state index < -0.39 is 11.7 Å². The third-order valence-corrected chi connectivity index (χ3v) is 6.62. The Balaban J connectivity index is 1.01. The number of ketones is 1. The first-order chi connectivity index (χ1) is 19.5. The molecule has 6 rings (SSSR count). The van der Waals surface area contributed by atoms with Gasteiger partial charge in [-0.3, -0.25) is 24.7 Å². The standard InChI is InChI=1S/C29H22ClN7O3/c30-20-7-10-23-25(11-12-31-26(23)15-20)34-32-16-19-5-8-22(9-6-19)40-18-21-17-36(35-33-21)13-14-37-27-4-2-1-3-24(27)28(38)29(37)39/h1-12,15-17H,13-14,18H2,(H,31,34)/b32-16+. The number of carbonyl (C=O) groups is 2. The molecule has 0 fully saturated rings. The van der Waals surface area contributed by atoms with Gasteiger partial charge >= 0.3 is 0 Å². The van der Waals surface area contributed by atoms with Gasteiger partial charge in [0.2, 0.25) is 0 Å². The maximum Gasteiger partial charge on any atom is 0.299 e. The van der Waals surface area contributed by atoms with E-state index in [-0.39, 0.29) is 6.61 Å². The molecule has 1 N–H and O–H groups in total. The van der Waals surface area contributed by atoms with E-state index in [4.69, 9.17) is 16.3 Å². The van der Waals surface area contributed by atoms with Gasteiger partial charge in [-0.25, -0.2) is 0 Å². The van der Waals surface area contributed by atoms with E-state index in [2.05, 4.69) is 25.8 Å². The number of benzene rings is 3. The van der Waals surface area contributed by atoms with Crippen LogP contribution in [0.1, 0.15) is 21.6 Å². The number of hydrogen-bond donors (Lipinski definition) is 1. The number of aromatic nitrogens is 4. The Hall–Kier alpha value is -5.09. The number of pyridine rings is 1. The van der Waals surface area contributed by atoms with Crippen molar-refractivity contribution < 1.29 is 14.3 Å². The van der Waals surface area contributed by atoms with Crippen LogP contribution in [0.3, 0.4) is 0 Å². The smallest absolute Gasteiger partial charge is 0.299 e. The van der Waals surface area contributed by atoms with Gasteiger partial charge in [-0.15, -0.1) is 5.10 Å². The third-order valence-electron chi connectivity index (χ3n) is 6.39. The molecule has 11 heteroatoms. The highest BCUT2D eigenvalue weighted by Gasteiger charge is 2.35. The molecule has 0 saturated heterocycles. The Kier molecular flexibility index (Phi) is 6.90. The number of hydrogen-bond acceptors (Lipinski definition) is 8. The lowest BCUT2D eigenvalue weighted by Gasteiger charge is -2.15. The molecule has 0 spiro atoms. The fourth-order valence-corrected chi connectivity index (χ4v) is 4.56. The molecule has 1 amide bonds. The number of carbonyl (C=O) groups excluding carboxylic acids is 2. The highest BCUT2D eigenvalue weighted by Crippen LogP contribution is 2.28. The number of halogens is 1. The topological polar surface area (TPSA) is 115 Å². The van der Waals surface area contributed by atoms with Gasteiger partial charge in [0, 0.05) is 23.2 Å². The van der Waals surface area contributed by atoms with Crippen LogP contribution in [0, 0.1) is 0 Å². The minimum absolute atomic E-state index is 0.234. The maximum absolute atomic E-state index is 12.3. The summed E-state index contributed by atoms with van der Waals surface area (Å²) in [5.41, 5.74) is 7.27. The average Bonchev–Trinajstić information content (AvgIpc) is 3.53. The van der Waals surface area contributed by atoms with Gasteiger partial charge in [-0.2, -0.15) is 5.10 Å². The zero-order valence-electron chi connectivity index (χ0n) is 21.1. The van der Waals surface area contributed by atoms with E-state index in [9.17, 15) is 9.59 Å². The summed E-state index contributed by atoms with van der Waals surface area (Å²) in [4.78, 5) is 30.3. The molecule has 40 heavy (non-hydrogen) atoms. The highest BCUT2D eigenvalue weighted by atomic mass is 35.5. The summed E-state index contributed by atoms with van der Waals surface area (Å²) in [5, 5.41) is 14.2. The van der Waals surface area contributed by atoms with Gasteiger partial charge < -0.3 is 9.64 Å². The number of Topliss-reactive ketones (excluding diaryl/α,β-unsaturated/α-hetero) is 1. The maximum atomic E-state index is 12.3. The molecule has 2 aromatic heterocycles. The lowest BCUT2D eigenvalue weighted by molar-refractivity contribution is -0.114. The van der Waals surface area contributed by atoms with Crippen molar-refractivity contribution in [1.29, 1.82) is 0 Å². The second-order valence-electron chi connectivity index (χ2n) is 9.02. The molecule has 0 bridgehead atoms. The van der Waals surface area contributed by atoms with Crippen molar-refractivity contribution in [2.45, 2.75) is 13.2 Å². The van der Waals surface area contributed by atoms with Crippen LogP contribution in [-0.4, -0.2) is 44.4 Å². The molecule has 10 nitrogen and oxygen atoms in total. The highest BCUT2D eigenvalue weighted by molar-refractivity contribution is 6.52. The zero-order chi connectivity index (χ0) is 27.5. The molecular formula is C29H22ClN7O3. The first kappa shape index (κ1) is 25.2. The molecule has 0 aliphatic carbocycles. The number of anilines is 2. The predicted octanol–water partition coefficient (Wildman–Crippen LogP) is 4.73. The third kappa shape index (κ3) is 5.25. The van der Waals surface area contributed by atoms with Crippen molar-refractivity contribution in [1.82, 2.24) is 20.0 Å². The number of nitrogens with zero attached hydrogens (tertiary/aromatic N) is 6. The summed E-state index contributed by atoms with van der Waals surface area (Å²) in [6, 6.07) is 21.9. The number of fused-ring (bicyclic) bond motifs is 2. The van der Waals surface area contributed by atoms with Crippen LogP contribution in [0.4, 0.5) is 11.4 Å². The van der Waals surface area contributed by atoms with Crippen LogP contribution in [-0.2, 0) is 17.9 Å². The predicted molar refractivity (Wildman–Crippen MR) is 152 cm³/mol. The van der Waals surface area contributed by atoms with E-state index in [0.29, 0.717) is 40.8 Å². The van der Waals surface area contributed by atoms with Crippen LogP contribution >= 0.6 is 11.6 Å². The largest absolute Gasteiger partial charge is 0.487 e. The average molecular weight is 552 g/mol. The van der Waals surface area contributed by atoms with Crippen molar-refractivity contribution in [2.75, 3.05) is 16.9 Å². The Labute approximate surface area is 233 Å². The number of para-hydroxylation sites is 1. The number of amides is 1. The molecule has 1 aliphatic heterocycles. The lowest BCUT2D eigenvalue weighted by Crippen LogP contribution is -2.32. The SMILES string of the molecule is O=C1C(=O)N(CCn2cc(COc3ccc(/C=N/Nc4ccnc5cc(Cl)ccc45)cc3)nn2)c2ccccc21. The van der Waals surface area contributed by atoms with Crippen molar-refractivity contribution in [2.24, 2.45) is 5.10 Å².